The lowest BCUT2D eigenvalue weighted by Crippen LogP contribution is -2.32. The minimum absolute atomic E-state index is 0.165. The summed E-state index contributed by atoms with van der Waals surface area (Å²) in [6.07, 6.45) is 5.74. The predicted octanol–water partition coefficient (Wildman–Crippen LogP) is 4.48. The molecular formula is C13H28O2. The summed E-state index contributed by atoms with van der Waals surface area (Å²) in [7, 11) is 0. The molecular weight excluding hydrogens is 188 g/mol. The van der Waals surface area contributed by atoms with E-state index in [-0.39, 0.29) is 11.2 Å². The van der Waals surface area contributed by atoms with Crippen LogP contribution in [0.3, 0.4) is 0 Å². The van der Waals surface area contributed by atoms with Crippen molar-refractivity contribution < 1.29 is 9.78 Å². The summed E-state index contributed by atoms with van der Waals surface area (Å²) >= 11 is 0. The molecule has 0 unspecified atom stereocenters. The summed E-state index contributed by atoms with van der Waals surface area (Å²) in [5.74, 6) is 0. The highest BCUT2D eigenvalue weighted by Crippen LogP contribution is 2.23. The normalized spacial score (nSPS) is 13.2. The van der Waals surface area contributed by atoms with Crippen molar-refractivity contribution in [3.63, 3.8) is 0 Å². The fourth-order valence-corrected chi connectivity index (χ4v) is 1.13. The van der Waals surface area contributed by atoms with E-state index < -0.39 is 0 Å². The highest BCUT2D eigenvalue weighted by Gasteiger charge is 2.24. The first kappa shape index (κ1) is 14.9. The van der Waals surface area contributed by atoms with Gasteiger partial charge >= 0.3 is 0 Å². The third-order valence-electron chi connectivity index (χ3n) is 2.73. The van der Waals surface area contributed by atoms with E-state index >= 15 is 0 Å². The van der Waals surface area contributed by atoms with Crippen molar-refractivity contribution in [3.8, 4) is 0 Å². The molecule has 0 aliphatic rings. The van der Waals surface area contributed by atoms with Crippen LogP contribution in [0.25, 0.3) is 0 Å². The van der Waals surface area contributed by atoms with E-state index in [0.29, 0.717) is 0 Å². The molecule has 0 aromatic heterocycles. The Balaban J connectivity index is 3.82. The molecule has 0 fully saturated rings. The van der Waals surface area contributed by atoms with E-state index in [1.807, 2.05) is 0 Å². The summed E-state index contributed by atoms with van der Waals surface area (Å²) < 4.78 is 0. The Morgan fingerprint density at radius 3 is 1.80 bits per heavy atom. The number of hydrogen-bond acceptors (Lipinski definition) is 2. The third-order valence-corrected chi connectivity index (χ3v) is 2.73. The summed E-state index contributed by atoms with van der Waals surface area (Å²) in [5, 5.41) is 0. The molecule has 0 radical (unpaired) electrons. The molecule has 0 aliphatic heterocycles. The molecule has 0 rings (SSSR count). The van der Waals surface area contributed by atoms with E-state index in [4.69, 9.17) is 9.78 Å². The van der Waals surface area contributed by atoms with Gasteiger partial charge in [0.2, 0.25) is 0 Å². The van der Waals surface area contributed by atoms with Gasteiger partial charge in [0.25, 0.3) is 0 Å². The molecule has 0 spiro atoms. The van der Waals surface area contributed by atoms with Crippen molar-refractivity contribution in [3.05, 3.63) is 0 Å². The summed E-state index contributed by atoms with van der Waals surface area (Å²) in [6, 6.07) is 0. The third kappa shape index (κ3) is 7.80. The zero-order valence-corrected chi connectivity index (χ0v) is 11.4. The van der Waals surface area contributed by atoms with Gasteiger partial charge in [-0.25, -0.2) is 9.78 Å². The maximum atomic E-state index is 5.53. The molecule has 0 bridgehead atoms. The number of rotatable bonds is 8. The molecule has 0 aromatic carbocycles. The average Bonchev–Trinajstić information content (AvgIpc) is 2.16. The van der Waals surface area contributed by atoms with Gasteiger partial charge in [0.05, 0.1) is 11.2 Å². The largest absolute Gasteiger partial charge is 0.230 e. The molecule has 0 atom stereocenters. The SMILES string of the molecule is CCCCCC(C)(C)OOC(C)(C)CC. The van der Waals surface area contributed by atoms with Gasteiger partial charge in [-0.3, -0.25) is 0 Å². The maximum absolute atomic E-state index is 5.53. The first-order valence-corrected chi connectivity index (χ1v) is 6.20. The van der Waals surface area contributed by atoms with Gasteiger partial charge in [-0.05, 0) is 40.5 Å². The topological polar surface area (TPSA) is 18.5 Å². The highest BCUT2D eigenvalue weighted by atomic mass is 17.2. The van der Waals surface area contributed by atoms with Crippen LogP contribution in [0.15, 0.2) is 0 Å². The zero-order chi connectivity index (χ0) is 11.9. The van der Waals surface area contributed by atoms with Gasteiger partial charge in [0.1, 0.15) is 0 Å². The van der Waals surface area contributed by atoms with Crippen LogP contribution in [0.5, 0.6) is 0 Å². The molecule has 0 amide bonds. The Morgan fingerprint density at radius 1 is 0.800 bits per heavy atom. The highest BCUT2D eigenvalue weighted by molar-refractivity contribution is 4.68. The lowest BCUT2D eigenvalue weighted by atomic mass is 10.0. The van der Waals surface area contributed by atoms with Crippen LogP contribution in [0.1, 0.15) is 73.6 Å². The molecule has 2 heteroatoms. The molecule has 0 aromatic rings. The van der Waals surface area contributed by atoms with Crippen LogP contribution >= 0.6 is 0 Å². The second kappa shape index (κ2) is 6.49. The van der Waals surface area contributed by atoms with Gasteiger partial charge in [-0.2, -0.15) is 0 Å². The van der Waals surface area contributed by atoms with Gasteiger partial charge in [0, 0.05) is 0 Å². The maximum Gasteiger partial charge on any atom is 0.0980 e. The monoisotopic (exact) mass is 216 g/mol. The number of unbranched alkanes of at least 4 members (excludes halogenated alkanes) is 2. The van der Waals surface area contributed by atoms with Crippen molar-refractivity contribution in [2.24, 2.45) is 0 Å². The second-order valence-electron chi connectivity index (χ2n) is 5.50. The van der Waals surface area contributed by atoms with Gasteiger partial charge in [0.15, 0.2) is 0 Å². The predicted molar refractivity (Wildman–Crippen MR) is 64.8 cm³/mol. The minimum Gasteiger partial charge on any atom is -0.230 e. The van der Waals surface area contributed by atoms with E-state index in [1.54, 1.807) is 0 Å². The van der Waals surface area contributed by atoms with E-state index in [9.17, 15) is 0 Å². The van der Waals surface area contributed by atoms with Crippen LogP contribution in [-0.4, -0.2) is 11.2 Å². The minimum atomic E-state index is -0.179. The van der Waals surface area contributed by atoms with Crippen molar-refractivity contribution in [1.29, 1.82) is 0 Å². The molecule has 0 aliphatic carbocycles. The van der Waals surface area contributed by atoms with Crippen LogP contribution in [0, 0.1) is 0 Å². The van der Waals surface area contributed by atoms with Gasteiger partial charge < -0.3 is 0 Å². The van der Waals surface area contributed by atoms with Crippen molar-refractivity contribution in [2.75, 3.05) is 0 Å². The Labute approximate surface area is 95.3 Å². The van der Waals surface area contributed by atoms with E-state index in [0.717, 1.165) is 12.8 Å². The number of hydrogen-bond donors (Lipinski definition) is 0. The average molecular weight is 216 g/mol. The summed E-state index contributed by atoms with van der Waals surface area (Å²) in [4.78, 5) is 11.0. The summed E-state index contributed by atoms with van der Waals surface area (Å²) in [5.41, 5.74) is -0.344. The molecule has 0 N–H and O–H groups in total. The fraction of sp³-hybridized carbons (Fsp3) is 1.00. The second-order valence-corrected chi connectivity index (χ2v) is 5.50. The lowest BCUT2D eigenvalue weighted by Gasteiger charge is -2.30. The summed E-state index contributed by atoms with van der Waals surface area (Å²) in [6.45, 7) is 12.6. The molecule has 0 saturated heterocycles. The lowest BCUT2D eigenvalue weighted by molar-refractivity contribution is -0.402. The van der Waals surface area contributed by atoms with Crippen LogP contribution in [0.2, 0.25) is 0 Å². The van der Waals surface area contributed by atoms with Crippen LogP contribution < -0.4 is 0 Å². The van der Waals surface area contributed by atoms with Crippen molar-refractivity contribution >= 4 is 0 Å². The molecule has 15 heavy (non-hydrogen) atoms. The first-order chi connectivity index (χ1) is 6.83. The Bertz CT molecular complexity index is 162. The van der Waals surface area contributed by atoms with Gasteiger partial charge in [-0.15, -0.1) is 0 Å². The van der Waals surface area contributed by atoms with E-state index in [1.165, 1.54) is 19.3 Å². The van der Waals surface area contributed by atoms with Crippen molar-refractivity contribution in [1.82, 2.24) is 0 Å². The fourth-order valence-electron chi connectivity index (χ4n) is 1.13. The van der Waals surface area contributed by atoms with Crippen molar-refractivity contribution in [2.45, 2.75) is 84.8 Å². The quantitative estimate of drug-likeness (QED) is 0.338. The van der Waals surface area contributed by atoms with E-state index in [2.05, 4.69) is 41.5 Å². The molecule has 0 heterocycles. The first-order valence-electron chi connectivity index (χ1n) is 6.20. The molecule has 92 valence electrons. The Morgan fingerprint density at radius 2 is 1.33 bits per heavy atom. The standard InChI is InChI=1S/C13H28O2/c1-7-9-10-11-13(5,6)15-14-12(3,4)8-2/h7-11H2,1-6H3. The molecule has 2 nitrogen and oxygen atoms in total. The Hall–Kier alpha value is -0.0800. The zero-order valence-electron chi connectivity index (χ0n) is 11.4. The van der Waals surface area contributed by atoms with Crippen LogP contribution in [0.4, 0.5) is 0 Å². The van der Waals surface area contributed by atoms with Gasteiger partial charge in [-0.1, -0.05) is 33.1 Å². The van der Waals surface area contributed by atoms with Crippen LogP contribution in [-0.2, 0) is 9.78 Å². The molecule has 0 saturated carbocycles. The Kier molecular flexibility index (Phi) is 6.46. The smallest absolute Gasteiger partial charge is 0.0980 e.